The maximum absolute atomic E-state index is 10.5. The number of rotatable bonds is 6. The molecule has 0 fully saturated rings. The maximum atomic E-state index is 10.5. The van der Waals surface area contributed by atoms with Crippen LogP contribution in [-0.4, -0.2) is 21.7 Å². The van der Waals surface area contributed by atoms with E-state index in [1.165, 1.54) is 0 Å². The SMILES string of the molecule is CC(CCC(=O)O)Nc1cccc(-n2cccc2)c1. The molecule has 0 saturated heterocycles. The highest BCUT2D eigenvalue weighted by Crippen LogP contribution is 2.16. The van der Waals surface area contributed by atoms with Crippen molar-refractivity contribution < 1.29 is 9.90 Å². The molecule has 19 heavy (non-hydrogen) atoms. The Morgan fingerprint density at radius 2 is 2.05 bits per heavy atom. The van der Waals surface area contributed by atoms with Crippen molar-refractivity contribution in [3.8, 4) is 5.69 Å². The lowest BCUT2D eigenvalue weighted by atomic mass is 10.1. The number of benzene rings is 1. The molecule has 0 aliphatic carbocycles. The van der Waals surface area contributed by atoms with Gasteiger partial charge in [-0.05, 0) is 43.7 Å². The van der Waals surface area contributed by atoms with Crippen molar-refractivity contribution >= 4 is 11.7 Å². The van der Waals surface area contributed by atoms with E-state index in [0.717, 1.165) is 11.4 Å². The summed E-state index contributed by atoms with van der Waals surface area (Å²) in [5.74, 6) is -0.755. The summed E-state index contributed by atoms with van der Waals surface area (Å²) in [6, 6.07) is 12.2. The van der Waals surface area contributed by atoms with Gasteiger partial charge in [-0.15, -0.1) is 0 Å². The van der Waals surface area contributed by atoms with Crippen LogP contribution >= 0.6 is 0 Å². The molecule has 4 heteroatoms. The number of hydrogen-bond donors (Lipinski definition) is 2. The van der Waals surface area contributed by atoms with E-state index >= 15 is 0 Å². The molecule has 100 valence electrons. The Kier molecular flexibility index (Phi) is 4.23. The molecule has 0 aliphatic rings. The number of nitrogens with zero attached hydrogens (tertiary/aromatic N) is 1. The molecule has 2 rings (SSSR count). The van der Waals surface area contributed by atoms with Crippen LogP contribution in [0.5, 0.6) is 0 Å². The van der Waals surface area contributed by atoms with Crippen molar-refractivity contribution in [1.82, 2.24) is 4.57 Å². The molecule has 1 aromatic heterocycles. The lowest BCUT2D eigenvalue weighted by Crippen LogP contribution is -2.16. The van der Waals surface area contributed by atoms with Crippen molar-refractivity contribution in [3.63, 3.8) is 0 Å². The molecule has 1 aromatic carbocycles. The largest absolute Gasteiger partial charge is 0.481 e. The number of nitrogens with one attached hydrogen (secondary N) is 1. The number of carboxylic acids is 1. The summed E-state index contributed by atoms with van der Waals surface area (Å²) in [7, 11) is 0. The van der Waals surface area contributed by atoms with E-state index in [1.807, 2.05) is 54.2 Å². The second-order valence-corrected chi connectivity index (χ2v) is 4.62. The highest BCUT2D eigenvalue weighted by molar-refractivity contribution is 5.66. The van der Waals surface area contributed by atoms with Crippen molar-refractivity contribution in [2.24, 2.45) is 0 Å². The van der Waals surface area contributed by atoms with Crippen molar-refractivity contribution in [3.05, 3.63) is 48.8 Å². The molecule has 0 radical (unpaired) electrons. The van der Waals surface area contributed by atoms with Crippen molar-refractivity contribution in [2.75, 3.05) is 5.32 Å². The molecule has 0 saturated carbocycles. The van der Waals surface area contributed by atoms with Gasteiger partial charge in [-0.1, -0.05) is 6.07 Å². The normalized spacial score (nSPS) is 12.1. The standard InChI is InChI=1S/C15H18N2O2/c1-12(7-8-15(18)19)16-13-5-4-6-14(11-13)17-9-2-3-10-17/h2-6,9-12,16H,7-8H2,1H3,(H,18,19). The quantitative estimate of drug-likeness (QED) is 0.837. The summed E-state index contributed by atoms with van der Waals surface area (Å²) in [5, 5.41) is 12.0. The molecule has 1 atom stereocenters. The molecule has 0 amide bonds. The first-order chi connectivity index (χ1) is 9.15. The minimum Gasteiger partial charge on any atom is -0.481 e. The van der Waals surface area contributed by atoms with Crippen LogP contribution in [0.15, 0.2) is 48.8 Å². The van der Waals surface area contributed by atoms with Gasteiger partial charge >= 0.3 is 5.97 Å². The summed E-state index contributed by atoms with van der Waals surface area (Å²) in [6.45, 7) is 1.99. The Hall–Kier alpha value is -2.23. The first kappa shape index (κ1) is 13.2. The Bertz CT molecular complexity index is 535. The van der Waals surface area contributed by atoms with E-state index in [9.17, 15) is 4.79 Å². The average molecular weight is 258 g/mol. The second-order valence-electron chi connectivity index (χ2n) is 4.62. The van der Waals surface area contributed by atoms with Gasteiger partial charge in [0.15, 0.2) is 0 Å². The third-order valence-electron chi connectivity index (χ3n) is 2.95. The number of hydrogen-bond acceptors (Lipinski definition) is 2. The van der Waals surface area contributed by atoms with Crippen LogP contribution in [0.25, 0.3) is 5.69 Å². The fourth-order valence-electron chi connectivity index (χ4n) is 1.96. The molecule has 1 unspecified atom stereocenters. The van der Waals surface area contributed by atoms with Crippen LogP contribution < -0.4 is 5.32 Å². The molecule has 1 heterocycles. The summed E-state index contributed by atoms with van der Waals surface area (Å²) < 4.78 is 2.03. The number of carboxylic acid groups (broad SMARTS) is 1. The van der Waals surface area contributed by atoms with E-state index in [0.29, 0.717) is 6.42 Å². The van der Waals surface area contributed by atoms with Gasteiger partial charge in [0.1, 0.15) is 0 Å². The molecule has 0 spiro atoms. The van der Waals surface area contributed by atoms with Crippen LogP contribution in [0.1, 0.15) is 19.8 Å². The highest BCUT2D eigenvalue weighted by Gasteiger charge is 2.05. The van der Waals surface area contributed by atoms with E-state index in [4.69, 9.17) is 5.11 Å². The molecular formula is C15H18N2O2. The summed E-state index contributed by atoms with van der Waals surface area (Å²) in [6.07, 6.45) is 4.79. The lowest BCUT2D eigenvalue weighted by Gasteiger charge is -2.15. The first-order valence-electron chi connectivity index (χ1n) is 6.37. The van der Waals surface area contributed by atoms with Crippen LogP contribution in [0.2, 0.25) is 0 Å². The van der Waals surface area contributed by atoms with Gasteiger partial charge in [-0.25, -0.2) is 0 Å². The predicted octanol–water partition coefficient (Wildman–Crippen LogP) is 3.14. The molecule has 4 nitrogen and oxygen atoms in total. The minimum absolute atomic E-state index is 0.135. The molecule has 2 N–H and O–H groups in total. The monoisotopic (exact) mass is 258 g/mol. The van der Waals surface area contributed by atoms with Gasteiger partial charge in [0, 0.05) is 36.2 Å². The van der Waals surface area contributed by atoms with Gasteiger partial charge in [0.25, 0.3) is 0 Å². The fourth-order valence-corrected chi connectivity index (χ4v) is 1.96. The summed E-state index contributed by atoms with van der Waals surface area (Å²) >= 11 is 0. The Balaban J connectivity index is 2.01. The van der Waals surface area contributed by atoms with Crippen LogP contribution in [0.4, 0.5) is 5.69 Å². The number of carbonyl (C=O) groups is 1. The Morgan fingerprint density at radius 1 is 1.32 bits per heavy atom. The third-order valence-corrected chi connectivity index (χ3v) is 2.95. The van der Waals surface area contributed by atoms with E-state index < -0.39 is 5.97 Å². The molecule has 2 aromatic rings. The van der Waals surface area contributed by atoms with Crippen molar-refractivity contribution in [1.29, 1.82) is 0 Å². The number of aromatic nitrogens is 1. The molecule has 0 bridgehead atoms. The van der Waals surface area contributed by atoms with Gasteiger partial charge in [-0.3, -0.25) is 4.79 Å². The number of aliphatic carboxylic acids is 1. The Morgan fingerprint density at radius 3 is 2.74 bits per heavy atom. The zero-order chi connectivity index (χ0) is 13.7. The van der Waals surface area contributed by atoms with E-state index in [1.54, 1.807) is 0 Å². The molecule has 0 aliphatic heterocycles. The lowest BCUT2D eigenvalue weighted by molar-refractivity contribution is -0.137. The second kappa shape index (κ2) is 6.09. The van der Waals surface area contributed by atoms with Crippen LogP contribution in [0, 0.1) is 0 Å². The van der Waals surface area contributed by atoms with Gasteiger partial charge < -0.3 is 15.0 Å². The van der Waals surface area contributed by atoms with Gasteiger partial charge in [0.2, 0.25) is 0 Å². The van der Waals surface area contributed by atoms with Gasteiger partial charge in [0.05, 0.1) is 0 Å². The van der Waals surface area contributed by atoms with Crippen LogP contribution in [0.3, 0.4) is 0 Å². The summed E-state index contributed by atoms with van der Waals surface area (Å²) in [5.41, 5.74) is 2.09. The summed E-state index contributed by atoms with van der Waals surface area (Å²) in [4.78, 5) is 10.5. The predicted molar refractivity (Wildman–Crippen MR) is 75.7 cm³/mol. The third kappa shape index (κ3) is 3.88. The van der Waals surface area contributed by atoms with Crippen molar-refractivity contribution in [2.45, 2.75) is 25.8 Å². The van der Waals surface area contributed by atoms with Crippen LogP contribution in [-0.2, 0) is 4.79 Å². The zero-order valence-corrected chi connectivity index (χ0v) is 10.9. The van der Waals surface area contributed by atoms with E-state index in [2.05, 4.69) is 11.4 Å². The highest BCUT2D eigenvalue weighted by atomic mass is 16.4. The molecular weight excluding hydrogens is 240 g/mol. The first-order valence-corrected chi connectivity index (χ1v) is 6.37. The van der Waals surface area contributed by atoms with Gasteiger partial charge in [-0.2, -0.15) is 0 Å². The Labute approximate surface area is 112 Å². The topological polar surface area (TPSA) is 54.3 Å². The van der Waals surface area contributed by atoms with E-state index in [-0.39, 0.29) is 12.5 Å². The zero-order valence-electron chi connectivity index (χ0n) is 10.9. The minimum atomic E-state index is -0.755. The smallest absolute Gasteiger partial charge is 0.303 e. The fraction of sp³-hybridized carbons (Fsp3) is 0.267. The average Bonchev–Trinajstić information content (AvgIpc) is 2.90. The maximum Gasteiger partial charge on any atom is 0.303 e. The number of anilines is 1.